The van der Waals surface area contributed by atoms with Crippen LogP contribution in [0.3, 0.4) is 0 Å². The van der Waals surface area contributed by atoms with Crippen LogP contribution >= 0.6 is 11.3 Å². The van der Waals surface area contributed by atoms with Gasteiger partial charge in [-0.05, 0) is 52.0 Å². The van der Waals surface area contributed by atoms with Gasteiger partial charge < -0.3 is 4.74 Å². The zero-order chi connectivity index (χ0) is 18.2. The lowest BCUT2D eigenvalue weighted by atomic mass is 9.74. The van der Waals surface area contributed by atoms with Gasteiger partial charge in [0.1, 0.15) is 0 Å². The number of carbonyl (C=O) groups excluding carboxylic acids is 1. The quantitative estimate of drug-likeness (QED) is 0.703. The Morgan fingerprint density at radius 3 is 2.44 bits per heavy atom. The second-order valence-corrected chi connectivity index (χ2v) is 10.7. The standard InChI is InChI=1S/C18H27NO4S2/c1-4-23-17(20)18(12-15-5-6-15)7-9-19(10-8-18)25(21,22)16-11-13(2)24-14(16)3/h11,15H,4-10,12H2,1-3H3. The summed E-state index contributed by atoms with van der Waals surface area (Å²) in [6, 6.07) is 1.76. The van der Waals surface area contributed by atoms with E-state index < -0.39 is 15.4 Å². The molecule has 2 aliphatic rings. The summed E-state index contributed by atoms with van der Waals surface area (Å²) < 4.78 is 32.8. The van der Waals surface area contributed by atoms with Crippen molar-refractivity contribution in [2.75, 3.05) is 19.7 Å². The van der Waals surface area contributed by atoms with E-state index in [0.29, 0.717) is 43.4 Å². The molecule has 25 heavy (non-hydrogen) atoms. The third-order valence-electron chi connectivity index (χ3n) is 5.38. The molecular formula is C18H27NO4S2. The highest BCUT2D eigenvalue weighted by molar-refractivity contribution is 7.89. The number of aryl methyl sites for hydroxylation is 2. The van der Waals surface area contributed by atoms with Gasteiger partial charge in [-0.3, -0.25) is 4.79 Å². The van der Waals surface area contributed by atoms with Crippen LogP contribution in [-0.4, -0.2) is 38.4 Å². The van der Waals surface area contributed by atoms with Gasteiger partial charge in [-0.25, -0.2) is 8.42 Å². The molecule has 2 fully saturated rings. The van der Waals surface area contributed by atoms with E-state index >= 15 is 0 Å². The number of hydrogen-bond donors (Lipinski definition) is 0. The van der Waals surface area contributed by atoms with Crippen molar-refractivity contribution in [2.45, 2.75) is 57.8 Å². The van der Waals surface area contributed by atoms with Gasteiger partial charge in [0.25, 0.3) is 0 Å². The molecule has 0 spiro atoms. The molecule has 3 rings (SSSR count). The summed E-state index contributed by atoms with van der Waals surface area (Å²) in [6.45, 7) is 6.76. The second kappa shape index (κ2) is 7.00. The Kier molecular flexibility index (Phi) is 5.28. The predicted molar refractivity (Wildman–Crippen MR) is 98.2 cm³/mol. The van der Waals surface area contributed by atoms with Crippen LogP contribution in [0.25, 0.3) is 0 Å². The Labute approximate surface area is 154 Å². The van der Waals surface area contributed by atoms with Crippen LogP contribution in [0, 0.1) is 25.2 Å². The Morgan fingerprint density at radius 2 is 1.96 bits per heavy atom. The number of piperidine rings is 1. The minimum Gasteiger partial charge on any atom is -0.466 e. The monoisotopic (exact) mass is 385 g/mol. The van der Waals surface area contributed by atoms with Crippen LogP contribution < -0.4 is 0 Å². The fraction of sp³-hybridized carbons (Fsp3) is 0.722. The molecule has 1 saturated heterocycles. The Balaban J connectivity index is 1.76. The molecule has 5 nitrogen and oxygen atoms in total. The molecule has 0 N–H and O–H groups in total. The Bertz CT molecular complexity index is 741. The summed E-state index contributed by atoms with van der Waals surface area (Å²) in [6.07, 6.45) is 4.32. The summed E-state index contributed by atoms with van der Waals surface area (Å²) in [4.78, 5) is 14.8. The van der Waals surface area contributed by atoms with E-state index in [1.54, 1.807) is 10.4 Å². The molecule has 0 aromatic carbocycles. The molecule has 1 saturated carbocycles. The number of thiophene rings is 1. The summed E-state index contributed by atoms with van der Waals surface area (Å²) in [5, 5.41) is 0. The van der Waals surface area contributed by atoms with Crippen LogP contribution in [0.5, 0.6) is 0 Å². The summed E-state index contributed by atoms with van der Waals surface area (Å²) in [5.41, 5.74) is -0.497. The lowest BCUT2D eigenvalue weighted by molar-refractivity contribution is -0.159. The third-order valence-corrected chi connectivity index (χ3v) is 8.50. The van der Waals surface area contributed by atoms with Crippen molar-refractivity contribution in [1.29, 1.82) is 0 Å². The fourth-order valence-electron chi connectivity index (χ4n) is 3.81. The highest BCUT2D eigenvalue weighted by atomic mass is 32.2. The van der Waals surface area contributed by atoms with Gasteiger partial charge in [0.2, 0.25) is 10.0 Å². The lowest BCUT2D eigenvalue weighted by Gasteiger charge is -2.39. The molecule has 1 aliphatic heterocycles. The smallest absolute Gasteiger partial charge is 0.312 e. The van der Waals surface area contributed by atoms with E-state index in [-0.39, 0.29) is 5.97 Å². The SMILES string of the molecule is CCOC(=O)C1(CC2CC2)CCN(S(=O)(=O)c2cc(C)sc2C)CC1. The van der Waals surface area contributed by atoms with E-state index in [4.69, 9.17) is 4.74 Å². The second-order valence-electron chi connectivity index (χ2n) is 7.33. The maximum absolute atomic E-state index is 13.0. The minimum absolute atomic E-state index is 0.137. The van der Waals surface area contributed by atoms with Crippen LogP contribution in [0.15, 0.2) is 11.0 Å². The predicted octanol–water partition coefficient (Wildman–Crippen LogP) is 3.50. The number of ether oxygens (including phenoxy) is 1. The van der Waals surface area contributed by atoms with Crippen LogP contribution in [0.1, 0.15) is 48.8 Å². The highest BCUT2D eigenvalue weighted by Gasteiger charge is 2.47. The molecule has 0 atom stereocenters. The van der Waals surface area contributed by atoms with E-state index in [1.807, 2.05) is 20.8 Å². The maximum Gasteiger partial charge on any atom is 0.312 e. The van der Waals surface area contributed by atoms with Crippen molar-refractivity contribution in [3.63, 3.8) is 0 Å². The molecule has 0 radical (unpaired) electrons. The van der Waals surface area contributed by atoms with Gasteiger partial charge >= 0.3 is 5.97 Å². The van der Waals surface area contributed by atoms with Crippen LogP contribution in [0.4, 0.5) is 0 Å². The molecule has 1 aromatic heterocycles. The van der Waals surface area contributed by atoms with Gasteiger partial charge in [-0.15, -0.1) is 11.3 Å². The number of hydrogen-bond acceptors (Lipinski definition) is 5. The Morgan fingerprint density at radius 1 is 1.32 bits per heavy atom. The van der Waals surface area contributed by atoms with Crippen LogP contribution in [-0.2, 0) is 19.6 Å². The van der Waals surface area contributed by atoms with Crippen molar-refractivity contribution >= 4 is 27.3 Å². The number of esters is 1. The maximum atomic E-state index is 13.0. The molecule has 0 bridgehead atoms. The molecule has 2 heterocycles. The van der Waals surface area contributed by atoms with Crippen molar-refractivity contribution in [2.24, 2.45) is 11.3 Å². The normalized spacial score (nSPS) is 21.2. The van der Waals surface area contributed by atoms with Crippen molar-refractivity contribution in [1.82, 2.24) is 4.31 Å². The summed E-state index contributed by atoms with van der Waals surface area (Å²) >= 11 is 1.51. The number of rotatable bonds is 6. The number of nitrogens with zero attached hydrogens (tertiary/aromatic N) is 1. The molecule has 0 unspecified atom stereocenters. The first kappa shape index (κ1) is 18.9. The van der Waals surface area contributed by atoms with E-state index in [1.165, 1.54) is 24.2 Å². The van der Waals surface area contributed by atoms with E-state index in [2.05, 4.69) is 0 Å². The first-order valence-electron chi connectivity index (χ1n) is 9.03. The fourth-order valence-corrected chi connectivity index (χ4v) is 6.77. The first-order chi connectivity index (χ1) is 11.8. The molecular weight excluding hydrogens is 358 g/mol. The molecule has 140 valence electrons. The zero-order valence-corrected chi connectivity index (χ0v) is 16.8. The van der Waals surface area contributed by atoms with E-state index in [0.717, 1.165) is 16.2 Å². The van der Waals surface area contributed by atoms with Gasteiger partial charge in [0.05, 0.1) is 16.9 Å². The van der Waals surface area contributed by atoms with Crippen molar-refractivity contribution < 1.29 is 17.9 Å². The summed E-state index contributed by atoms with van der Waals surface area (Å²) in [7, 11) is -3.48. The van der Waals surface area contributed by atoms with Gasteiger partial charge in [0.15, 0.2) is 0 Å². The third kappa shape index (κ3) is 3.78. The summed E-state index contributed by atoms with van der Waals surface area (Å²) in [5.74, 6) is 0.468. The molecule has 7 heteroatoms. The van der Waals surface area contributed by atoms with Crippen molar-refractivity contribution in [3.05, 3.63) is 15.8 Å². The van der Waals surface area contributed by atoms with E-state index in [9.17, 15) is 13.2 Å². The first-order valence-corrected chi connectivity index (χ1v) is 11.3. The Hall–Kier alpha value is -0.920. The average molecular weight is 386 g/mol. The zero-order valence-electron chi connectivity index (χ0n) is 15.2. The lowest BCUT2D eigenvalue weighted by Crippen LogP contribution is -2.47. The van der Waals surface area contributed by atoms with Gasteiger partial charge in [-0.2, -0.15) is 4.31 Å². The van der Waals surface area contributed by atoms with Gasteiger partial charge in [-0.1, -0.05) is 12.8 Å². The largest absolute Gasteiger partial charge is 0.466 e. The van der Waals surface area contributed by atoms with Crippen LogP contribution in [0.2, 0.25) is 0 Å². The number of sulfonamides is 1. The molecule has 1 aliphatic carbocycles. The van der Waals surface area contributed by atoms with Crippen molar-refractivity contribution in [3.8, 4) is 0 Å². The molecule has 0 amide bonds. The topological polar surface area (TPSA) is 63.7 Å². The number of carbonyl (C=O) groups is 1. The van der Waals surface area contributed by atoms with Gasteiger partial charge in [0, 0.05) is 22.8 Å². The highest BCUT2D eigenvalue weighted by Crippen LogP contribution is 2.47. The average Bonchev–Trinajstić information content (AvgIpc) is 3.29. The molecule has 1 aromatic rings. The minimum atomic E-state index is -3.48.